The van der Waals surface area contributed by atoms with Gasteiger partial charge in [-0.3, -0.25) is 4.79 Å². The first kappa shape index (κ1) is 12.2. The monoisotopic (exact) mass is 234 g/mol. The smallest absolute Gasteiger partial charge is 0.240 e. The molecule has 1 aromatic rings. The van der Waals surface area contributed by atoms with Gasteiger partial charge in [0.05, 0.1) is 0 Å². The van der Waals surface area contributed by atoms with Gasteiger partial charge in [0.2, 0.25) is 5.91 Å². The van der Waals surface area contributed by atoms with E-state index in [-0.39, 0.29) is 5.91 Å². The van der Waals surface area contributed by atoms with E-state index in [1.807, 2.05) is 13.8 Å². The van der Waals surface area contributed by atoms with Crippen molar-refractivity contribution in [1.82, 2.24) is 9.88 Å². The van der Waals surface area contributed by atoms with E-state index >= 15 is 0 Å². The van der Waals surface area contributed by atoms with Crippen LogP contribution in [0.25, 0.3) is 0 Å². The van der Waals surface area contributed by atoms with Gasteiger partial charge in [-0.15, -0.1) is 0 Å². The van der Waals surface area contributed by atoms with Gasteiger partial charge in [-0.25, -0.2) is 0 Å². The third kappa shape index (κ3) is 3.11. The summed E-state index contributed by atoms with van der Waals surface area (Å²) in [7, 11) is 0. The Morgan fingerprint density at radius 1 is 1.24 bits per heavy atom. The molecule has 1 aliphatic carbocycles. The average Bonchev–Trinajstić information content (AvgIpc) is 2.62. The molecule has 0 aromatic carbocycles. The summed E-state index contributed by atoms with van der Waals surface area (Å²) < 4.78 is 2.07. The van der Waals surface area contributed by atoms with E-state index in [0.717, 1.165) is 24.2 Å². The molecule has 1 saturated carbocycles. The van der Waals surface area contributed by atoms with Gasteiger partial charge in [-0.2, -0.15) is 0 Å². The van der Waals surface area contributed by atoms with Crippen molar-refractivity contribution < 1.29 is 4.79 Å². The maximum Gasteiger partial charge on any atom is 0.240 e. The summed E-state index contributed by atoms with van der Waals surface area (Å²) >= 11 is 0. The Hall–Kier alpha value is -1.25. The first-order valence-electron chi connectivity index (χ1n) is 6.59. The molecular weight excluding hydrogens is 212 g/mol. The molecule has 3 heteroatoms. The fraction of sp³-hybridized carbons (Fsp3) is 0.643. The predicted molar refractivity (Wildman–Crippen MR) is 68.9 cm³/mol. The lowest BCUT2D eigenvalue weighted by molar-refractivity contribution is -0.122. The molecule has 0 spiro atoms. The normalized spacial score (nSPS) is 17.1. The average molecular weight is 234 g/mol. The molecule has 0 radical (unpaired) electrons. The van der Waals surface area contributed by atoms with E-state index in [0.29, 0.717) is 12.6 Å². The van der Waals surface area contributed by atoms with Crippen LogP contribution in [0.2, 0.25) is 0 Å². The van der Waals surface area contributed by atoms with E-state index in [2.05, 4.69) is 22.0 Å². The Kier molecular flexibility index (Phi) is 3.87. The van der Waals surface area contributed by atoms with Crippen LogP contribution in [0.15, 0.2) is 12.1 Å². The number of carbonyl (C=O) groups excluding carboxylic acids is 1. The molecule has 94 valence electrons. The largest absolute Gasteiger partial charge is 0.352 e. The maximum atomic E-state index is 12.0. The van der Waals surface area contributed by atoms with Crippen LogP contribution in [0, 0.1) is 13.8 Å². The van der Waals surface area contributed by atoms with Gasteiger partial charge >= 0.3 is 0 Å². The fourth-order valence-corrected chi connectivity index (χ4v) is 2.61. The molecule has 0 atom stereocenters. The molecule has 1 N–H and O–H groups in total. The zero-order valence-corrected chi connectivity index (χ0v) is 10.8. The molecule has 1 heterocycles. The Labute approximate surface area is 103 Å². The minimum absolute atomic E-state index is 0.152. The van der Waals surface area contributed by atoms with Crippen LogP contribution in [0.1, 0.15) is 43.5 Å². The molecule has 0 aliphatic heterocycles. The topological polar surface area (TPSA) is 34.0 Å². The van der Waals surface area contributed by atoms with Crippen LogP contribution in [0.3, 0.4) is 0 Å². The van der Waals surface area contributed by atoms with Gasteiger partial charge in [0.15, 0.2) is 0 Å². The highest BCUT2D eigenvalue weighted by Gasteiger charge is 2.16. The second kappa shape index (κ2) is 5.39. The molecule has 1 aromatic heterocycles. The molecular formula is C14H22N2O. The summed E-state index contributed by atoms with van der Waals surface area (Å²) in [5.41, 5.74) is 2.31. The number of hydrogen-bond acceptors (Lipinski definition) is 1. The number of aryl methyl sites for hydroxylation is 2. The zero-order valence-electron chi connectivity index (χ0n) is 10.8. The molecule has 0 unspecified atom stereocenters. The summed E-state index contributed by atoms with van der Waals surface area (Å²) in [6.45, 7) is 4.54. The van der Waals surface area contributed by atoms with Gasteiger partial charge in [0.25, 0.3) is 0 Å². The minimum atomic E-state index is 0.152. The lowest BCUT2D eigenvalue weighted by atomic mass is 9.95. The van der Waals surface area contributed by atoms with Crippen molar-refractivity contribution in [3.63, 3.8) is 0 Å². The summed E-state index contributed by atoms with van der Waals surface area (Å²) in [4.78, 5) is 12.0. The fourth-order valence-electron chi connectivity index (χ4n) is 2.61. The molecule has 3 nitrogen and oxygen atoms in total. The van der Waals surface area contributed by atoms with E-state index in [1.54, 1.807) is 0 Å². The highest BCUT2D eigenvalue weighted by Crippen LogP contribution is 2.17. The molecule has 1 aliphatic rings. The van der Waals surface area contributed by atoms with Crippen LogP contribution in [0.4, 0.5) is 0 Å². The number of amides is 1. The van der Waals surface area contributed by atoms with Crippen molar-refractivity contribution in [1.29, 1.82) is 0 Å². The lowest BCUT2D eigenvalue weighted by Crippen LogP contribution is -2.38. The predicted octanol–water partition coefficient (Wildman–Crippen LogP) is 2.55. The Morgan fingerprint density at radius 2 is 1.82 bits per heavy atom. The summed E-state index contributed by atoms with van der Waals surface area (Å²) in [5.74, 6) is 0.152. The van der Waals surface area contributed by atoms with E-state index < -0.39 is 0 Å². The van der Waals surface area contributed by atoms with Crippen LogP contribution in [-0.4, -0.2) is 16.5 Å². The van der Waals surface area contributed by atoms with Crippen molar-refractivity contribution in [2.24, 2.45) is 0 Å². The molecule has 1 amide bonds. The number of nitrogens with one attached hydrogen (secondary N) is 1. The minimum Gasteiger partial charge on any atom is -0.352 e. The number of hydrogen-bond donors (Lipinski definition) is 1. The SMILES string of the molecule is Cc1ccc(C)n1CC(=O)NC1CCCCC1. The van der Waals surface area contributed by atoms with E-state index in [9.17, 15) is 4.79 Å². The Morgan fingerprint density at radius 3 is 2.41 bits per heavy atom. The second-order valence-electron chi connectivity index (χ2n) is 5.10. The zero-order chi connectivity index (χ0) is 12.3. The standard InChI is InChI=1S/C14H22N2O/c1-11-8-9-12(2)16(11)10-14(17)15-13-6-4-3-5-7-13/h8-9,13H,3-7,10H2,1-2H3,(H,15,17). The third-order valence-electron chi connectivity index (χ3n) is 3.69. The van der Waals surface area contributed by atoms with Crippen LogP contribution in [-0.2, 0) is 11.3 Å². The quantitative estimate of drug-likeness (QED) is 0.857. The Balaban J connectivity index is 1.88. The second-order valence-corrected chi connectivity index (χ2v) is 5.10. The first-order chi connectivity index (χ1) is 8.16. The van der Waals surface area contributed by atoms with Gasteiger partial charge in [-0.05, 0) is 38.8 Å². The summed E-state index contributed by atoms with van der Waals surface area (Å²) in [6, 6.07) is 4.53. The third-order valence-corrected chi connectivity index (χ3v) is 3.69. The van der Waals surface area contributed by atoms with E-state index in [1.165, 1.54) is 19.3 Å². The molecule has 0 saturated heterocycles. The highest BCUT2D eigenvalue weighted by atomic mass is 16.2. The lowest BCUT2D eigenvalue weighted by Gasteiger charge is -2.23. The summed E-state index contributed by atoms with van der Waals surface area (Å²) in [5, 5.41) is 3.15. The van der Waals surface area contributed by atoms with Crippen molar-refractivity contribution in [2.45, 2.75) is 58.5 Å². The van der Waals surface area contributed by atoms with Crippen LogP contribution < -0.4 is 5.32 Å². The van der Waals surface area contributed by atoms with Crippen molar-refractivity contribution in [3.05, 3.63) is 23.5 Å². The molecule has 0 bridgehead atoms. The number of aromatic nitrogens is 1. The number of carbonyl (C=O) groups is 1. The molecule has 17 heavy (non-hydrogen) atoms. The van der Waals surface area contributed by atoms with Gasteiger partial charge < -0.3 is 9.88 Å². The highest BCUT2D eigenvalue weighted by molar-refractivity contribution is 5.76. The van der Waals surface area contributed by atoms with Crippen LogP contribution >= 0.6 is 0 Å². The molecule has 2 rings (SSSR count). The number of rotatable bonds is 3. The van der Waals surface area contributed by atoms with Crippen molar-refractivity contribution in [2.75, 3.05) is 0 Å². The van der Waals surface area contributed by atoms with Gasteiger partial charge in [0, 0.05) is 17.4 Å². The van der Waals surface area contributed by atoms with Gasteiger partial charge in [0.1, 0.15) is 6.54 Å². The van der Waals surface area contributed by atoms with E-state index in [4.69, 9.17) is 0 Å². The Bertz CT molecular complexity index is 369. The van der Waals surface area contributed by atoms with Gasteiger partial charge in [-0.1, -0.05) is 19.3 Å². The number of nitrogens with zero attached hydrogens (tertiary/aromatic N) is 1. The molecule has 1 fully saturated rings. The van der Waals surface area contributed by atoms with Crippen molar-refractivity contribution >= 4 is 5.91 Å². The first-order valence-corrected chi connectivity index (χ1v) is 6.59. The van der Waals surface area contributed by atoms with Crippen LogP contribution in [0.5, 0.6) is 0 Å². The summed E-state index contributed by atoms with van der Waals surface area (Å²) in [6.07, 6.45) is 6.13. The van der Waals surface area contributed by atoms with Crippen molar-refractivity contribution in [3.8, 4) is 0 Å². The maximum absolute atomic E-state index is 12.0.